The lowest BCUT2D eigenvalue weighted by Gasteiger charge is -2.39. The quantitative estimate of drug-likeness (QED) is 0.101. The van der Waals surface area contributed by atoms with Crippen molar-refractivity contribution in [3.05, 3.63) is 34.4 Å². The average Bonchev–Trinajstić information content (AvgIpc) is 2.82. The monoisotopic (exact) mass is 540 g/mol. The summed E-state index contributed by atoms with van der Waals surface area (Å²) >= 11 is 0. The number of ether oxygens (including phenoxy) is 4. The van der Waals surface area contributed by atoms with Crippen LogP contribution in [0.1, 0.15) is 41.5 Å². The predicted octanol–water partition coefficient (Wildman–Crippen LogP) is 5.63. The lowest BCUT2D eigenvalue weighted by molar-refractivity contribution is -0.384. The van der Waals surface area contributed by atoms with Crippen LogP contribution in [0.3, 0.4) is 0 Å². The van der Waals surface area contributed by atoms with Crippen molar-refractivity contribution in [2.24, 2.45) is 0 Å². The standard InChI is InChI=1S/C21H38N2O10P2/c1-7-28-20(29-8-2)34(26,32-11-5)19(22-17-13-15-18(16-14-17)23(24)25)35(27,33-12-6)21(30-9-3)31-10-4/h13-16,19-22H,7-12H2,1-6H3. The van der Waals surface area contributed by atoms with Gasteiger partial charge in [0.2, 0.25) is 12.1 Å². The highest BCUT2D eigenvalue weighted by molar-refractivity contribution is 7.77. The maximum atomic E-state index is 14.6. The SMILES string of the molecule is CCOC(OCC)P(=O)(OCC)C(Nc1ccc([N+](=O)[O-])cc1)P(=O)(OCC)C(OCC)OCC. The van der Waals surface area contributed by atoms with Crippen LogP contribution in [0.25, 0.3) is 0 Å². The smallest absolute Gasteiger partial charge is 0.289 e. The van der Waals surface area contributed by atoms with Crippen molar-refractivity contribution >= 4 is 26.1 Å². The molecule has 35 heavy (non-hydrogen) atoms. The van der Waals surface area contributed by atoms with E-state index in [1.165, 1.54) is 24.3 Å². The second kappa shape index (κ2) is 15.7. The van der Waals surface area contributed by atoms with Gasteiger partial charge < -0.3 is 33.3 Å². The number of rotatable bonds is 19. The fourth-order valence-corrected chi connectivity index (χ4v) is 9.94. The summed E-state index contributed by atoms with van der Waals surface area (Å²) in [5, 5.41) is 14.1. The van der Waals surface area contributed by atoms with Gasteiger partial charge in [-0.05, 0) is 53.7 Å². The fraction of sp³-hybridized carbons (Fsp3) is 0.714. The third kappa shape index (κ3) is 8.33. The number of hydrogen-bond donors (Lipinski definition) is 1. The van der Waals surface area contributed by atoms with E-state index in [-0.39, 0.29) is 45.3 Å². The summed E-state index contributed by atoms with van der Waals surface area (Å²) in [5.41, 5.74) is -1.38. The lowest BCUT2D eigenvalue weighted by atomic mass is 10.3. The van der Waals surface area contributed by atoms with Crippen LogP contribution in [-0.4, -0.2) is 62.2 Å². The van der Waals surface area contributed by atoms with Crippen molar-refractivity contribution in [2.45, 2.75) is 59.1 Å². The summed E-state index contributed by atoms with van der Waals surface area (Å²) in [6.45, 7) is 10.6. The Bertz CT molecular complexity index is 803. The molecule has 1 rings (SSSR count). The number of benzene rings is 1. The van der Waals surface area contributed by atoms with Gasteiger partial charge in [-0.15, -0.1) is 0 Å². The highest BCUT2D eigenvalue weighted by Gasteiger charge is 2.58. The molecule has 202 valence electrons. The van der Waals surface area contributed by atoms with E-state index in [2.05, 4.69) is 5.32 Å². The zero-order valence-corrected chi connectivity index (χ0v) is 23.0. The van der Waals surface area contributed by atoms with Gasteiger partial charge in [-0.25, -0.2) is 0 Å². The van der Waals surface area contributed by atoms with Crippen molar-refractivity contribution < 1.29 is 42.0 Å². The van der Waals surface area contributed by atoms with Gasteiger partial charge in [0.25, 0.3) is 20.4 Å². The zero-order valence-electron chi connectivity index (χ0n) is 21.2. The molecule has 0 radical (unpaired) electrons. The van der Waals surface area contributed by atoms with Crippen LogP contribution in [0.2, 0.25) is 0 Å². The second-order valence-electron chi connectivity index (χ2n) is 6.88. The number of nitrogens with zero attached hydrogens (tertiary/aromatic N) is 1. The topological polar surface area (TPSA) is 145 Å². The van der Waals surface area contributed by atoms with Gasteiger partial charge in [0.1, 0.15) is 0 Å². The molecule has 0 fully saturated rings. The number of non-ortho nitro benzene ring substituents is 1. The first-order valence-corrected chi connectivity index (χ1v) is 15.2. The van der Waals surface area contributed by atoms with Gasteiger partial charge in [0.05, 0.1) is 18.1 Å². The Balaban J connectivity index is 3.79. The minimum absolute atomic E-state index is 0.00751. The maximum absolute atomic E-state index is 14.6. The molecular formula is C21H38N2O10P2. The Labute approximate surface area is 207 Å². The summed E-state index contributed by atoms with van der Waals surface area (Å²) in [5.74, 6) is 0. The van der Waals surface area contributed by atoms with Crippen LogP contribution in [-0.2, 0) is 37.1 Å². The van der Waals surface area contributed by atoms with Crippen molar-refractivity contribution in [1.82, 2.24) is 0 Å². The number of anilines is 1. The van der Waals surface area contributed by atoms with Crippen LogP contribution in [0, 0.1) is 10.1 Å². The Hall–Kier alpha value is -1.36. The Morgan fingerprint density at radius 3 is 1.40 bits per heavy atom. The van der Waals surface area contributed by atoms with Gasteiger partial charge in [-0.2, -0.15) is 0 Å². The highest BCUT2D eigenvalue weighted by Crippen LogP contribution is 2.73. The van der Waals surface area contributed by atoms with E-state index >= 15 is 0 Å². The highest BCUT2D eigenvalue weighted by atomic mass is 31.2. The molecule has 2 unspecified atom stereocenters. The van der Waals surface area contributed by atoms with E-state index in [0.717, 1.165) is 0 Å². The van der Waals surface area contributed by atoms with Gasteiger partial charge >= 0.3 is 0 Å². The van der Waals surface area contributed by atoms with Crippen molar-refractivity contribution in [2.75, 3.05) is 45.0 Å². The van der Waals surface area contributed by atoms with Crippen LogP contribution in [0.15, 0.2) is 24.3 Å². The first-order chi connectivity index (χ1) is 16.7. The third-order valence-electron chi connectivity index (χ3n) is 4.54. The summed E-state index contributed by atoms with van der Waals surface area (Å²) < 4.78 is 63.3. The minimum Gasteiger partial charge on any atom is -0.365 e. The van der Waals surface area contributed by atoms with E-state index in [1.54, 1.807) is 41.5 Å². The Morgan fingerprint density at radius 2 is 1.11 bits per heavy atom. The summed E-state index contributed by atoms with van der Waals surface area (Å²) in [6.07, 6.45) is 0. The summed E-state index contributed by atoms with van der Waals surface area (Å²) in [7, 11) is -8.32. The molecule has 0 saturated heterocycles. The van der Waals surface area contributed by atoms with E-state index in [0.29, 0.717) is 5.69 Å². The lowest BCUT2D eigenvalue weighted by Crippen LogP contribution is -2.36. The molecule has 14 heteroatoms. The summed E-state index contributed by atoms with van der Waals surface area (Å²) in [6, 6.07) is 2.61. The Morgan fingerprint density at radius 1 is 0.743 bits per heavy atom. The second-order valence-corrected chi connectivity index (χ2v) is 12.3. The molecule has 0 aliphatic rings. The van der Waals surface area contributed by atoms with Crippen LogP contribution in [0.4, 0.5) is 11.4 Å². The fourth-order valence-electron chi connectivity index (χ4n) is 3.21. The summed E-state index contributed by atoms with van der Waals surface area (Å²) in [4.78, 5) is 10.5. The molecule has 0 aliphatic heterocycles. The van der Waals surface area contributed by atoms with E-state index in [4.69, 9.17) is 28.0 Å². The molecular weight excluding hydrogens is 502 g/mol. The van der Waals surface area contributed by atoms with Crippen LogP contribution >= 0.6 is 14.7 Å². The number of nitrogens with one attached hydrogen (secondary N) is 1. The van der Waals surface area contributed by atoms with Crippen LogP contribution in [0.5, 0.6) is 0 Å². The van der Waals surface area contributed by atoms with Crippen molar-refractivity contribution in [3.8, 4) is 0 Å². The largest absolute Gasteiger partial charge is 0.365 e. The molecule has 0 amide bonds. The predicted molar refractivity (Wildman–Crippen MR) is 133 cm³/mol. The molecule has 2 atom stereocenters. The third-order valence-corrected chi connectivity index (χ3v) is 11.2. The molecule has 0 aromatic heterocycles. The van der Waals surface area contributed by atoms with E-state index in [1.807, 2.05) is 0 Å². The van der Waals surface area contributed by atoms with E-state index in [9.17, 15) is 19.2 Å². The van der Waals surface area contributed by atoms with Crippen molar-refractivity contribution in [1.29, 1.82) is 0 Å². The van der Waals surface area contributed by atoms with Gasteiger partial charge in [0, 0.05) is 44.2 Å². The van der Waals surface area contributed by atoms with Gasteiger partial charge in [0.15, 0.2) is 5.52 Å². The Kier molecular flexibility index (Phi) is 14.2. The van der Waals surface area contributed by atoms with Crippen LogP contribution < -0.4 is 5.32 Å². The molecule has 1 aromatic carbocycles. The number of hydrogen-bond acceptors (Lipinski definition) is 11. The molecule has 0 bridgehead atoms. The number of nitro groups is 1. The minimum atomic E-state index is -4.16. The van der Waals surface area contributed by atoms with E-state index < -0.39 is 37.2 Å². The molecule has 0 spiro atoms. The first-order valence-electron chi connectivity index (χ1n) is 11.6. The zero-order chi connectivity index (χ0) is 26.5. The molecule has 1 aromatic rings. The molecule has 1 N–H and O–H groups in total. The molecule has 12 nitrogen and oxygen atoms in total. The molecule has 0 aliphatic carbocycles. The molecule has 0 saturated carbocycles. The van der Waals surface area contributed by atoms with Gasteiger partial charge in [-0.1, -0.05) is 0 Å². The number of nitro benzene ring substituents is 1. The van der Waals surface area contributed by atoms with Crippen molar-refractivity contribution in [3.63, 3.8) is 0 Å². The van der Waals surface area contributed by atoms with Gasteiger partial charge in [-0.3, -0.25) is 19.2 Å². The maximum Gasteiger partial charge on any atom is 0.289 e. The first kappa shape index (κ1) is 31.7. The molecule has 0 heterocycles. The average molecular weight is 540 g/mol. The normalized spacial score (nSPS) is 16.1.